The predicted octanol–water partition coefficient (Wildman–Crippen LogP) is 3.53. The SMILES string of the molecule is CCCCCC(=O)NCCc1ccc(OC(F)F)cc1. The number of carbonyl (C=O) groups excluding carboxylic acids is 1. The van der Waals surface area contributed by atoms with Gasteiger partial charge in [0.25, 0.3) is 0 Å². The largest absolute Gasteiger partial charge is 0.435 e. The summed E-state index contributed by atoms with van der Waals surface area (Å²) in [7, 11) is 0. The molecule has 0 heterocycles. The number of hydrogen-bond donors (Lipinski definition) is 1. The summed E-state index contributed by atoms with van der Waals surface area (Å²) in [4.78, 5) is 11.5. The Hall–Kier alpha value is -1.65. The molecule has 20 heavy (non-hydrogen) atoms. The van der Waals surface area contributed by atoms with Crippen LogP contribution < -0.4 is 10.1 Å². The summed E-state index contributed by atoms with van der Waals surface area (Å²) in [5, 5.41) is 2.85. The molecule has 0 saturated carbocycles. The normalized spacial score (nSPS) is 10.6. The van der Waals surface area contributed by atoms with Gasteiger partial charge in [0.05, 0.1) is 0 Å². The summed E-state index contributed by atoms with van der Waals surface area (Å²) >= 11 is 0. The van der Waals surface area contributed by atoms with Crippen molar-refractivity contribution in [3.63, 3.8) is 0 Å². The monoisotopic (exact) mass is 285 g/mol. The van der Waals surface area contributed by atoms with E-state index in [1.807, 2.05) is 0 Å². The highest BCUT2D eigenvalue weighted by Gasteiger charge is 2.04. The van der Waals surface area contributed by atoms with E-state index in [1.54, 1.807) is 12.1 Å². The number of alkyl halides is 2. The molecule has 0 fully saturated rings. The summed E-state index contributed by atoms with van der Waals surface area (Å²) in [5.74, 6) is 0.212. The van der Waals surface area contributed by atoms with Crippen LogP contribution in [0.25, 0.3) is 0 Å². The highest BCUT2D eigenvalue weighted by molar-refractivity contribution is 5.75. The number of unbranched alkanes of at least 4 members (excludes halogenated alkanes) is 2. The summed E-state index contributed by atoms with van der Waals surface area (Å²) in [6, 6.07) is 6.46. The van der Waals surface area contributed by atoms with E-state index in [4.69, 9.17) is 0 Å². The van der Waals surface area contributed by atoms with E-state index in [1.165, 1.54) is 12.1 Å². The zero-order valence-corrected chi connectivity index (χ0v) is 11.7. The molecule has 1 rings (SSSR count). The van der Waals surface area contributed by atoms with Crippen molar-refractivity contribution in [3.8, 4) is 5.75 Å². The van der Waals surface area contributed by atoms with Gasteiger partial charge in [0, 0.05) is 13.0 Å². The van der Waals surface area contributed by atoms with E-state index >= 15 is 0 Å². The van der Waals surface area contributed by atoms with Gasteiger partial charge < -0.3 is 10.1 Å². The van der Waals surface area contributed by atoms with Crippen molar-refractivity contribution in [2.45, 2.75) is 45.6 Å². The lowest BCUT2D eigenvalue weighted by molar-refractivity contribution is -0.121. The Kier molecular flexibility index (Phi) is 7.62. The topological polar surface area (TPSA) is 38.3 Å². The van der Waals surface area contributed by atoms with Gasteiger partial charge in [-0.2, -0.15) is 8.78 Å². The van der Waals surface area contributed by atoms with Crippen LogP contribution in [0.4, 0.5) is 8.78 Å². The third-order valence-corrected chi connectivity index (χ3v) is 2.89. The van der Waals surface area contributed by atoms with Crippen LogP contribution >= 0.6 is 0 Å². The molecule has 0 aliphatic carbocycles. The number of carbonyl (C=O) groups is 1. The first-order valence-corrected chi connectivity index (χ1v) is 6.92. The zero-order chi connectivity index (χ0) is 14.8. The van der Waals surface area contributed by atoms with Gasteiger partial charge in [-0.3, -0.25) is 4.79 Å². The molecule has 0 bridgehead atoms. The molecule has 1 aromatic carbocycles. The average Bonchev–Trinajstić information content (AvgIpc) is 2.40. The maximum atomic E-state index is 12.0. The Morgan fingerprint density at radius 1 is 1.25 bits per heavy atom. The third-order valence-electron chi connectivity index (χ3n) is 2.89. The molecule has 0 aromatic heterocycles. The molecular formula is C15H21F2NO2. The minimum Gasteiger partial charge on any atom is -0.435 e. The fourth-order valence-corrected chi connectivity index (χ4v) is 1.81. The van der Waals surface area contributed by atoms with Gasteiger partial charge in [-0.05, 0) is 30.5 Å². The fraction of sp³-hybridized carbons (Fsp3) is 0.533. The second-order valence-corrected chi connectivity index (χ2v) is 4.58. The van der Waals surface area contributed by atoms with E-state index in [-0.39, 0.29) is 11.7 Å². The molecule has 0 aliphatic heterocycles. The van der Waals surface area contributed by atoms with Gasteiger partial charge in [0.2, 0.25) is 5.91 Å². The highest BCUT2D eigenvalue weighted by atomic mass is 19.3. The number of benzene rings is 1. The molecule has 0 atom stereocenters. The minimum absolute atomic E-state index is 0.0658. The zero-order valence-electron chi connectivity index (χ0n) is 11.7. The van der Waals surface area contributed by atoms with Crippen molar-refractivity contribution in [2.75, 3.05) is 6.54 Å². The van der Waals surface area contributed by atoms with Crippen molar-refractivity contribution in [2.24, 2.45) is 0 Å². The predicted molar refractivity (Wildman–Crippen MR) is 73.9 cm³/mol. The van der Waals surface area contributed by atoms with Gasteiger partial charge in [0.15, 0.2) is 0 Å². The second kappa shape index (κ2) is 9.28. The van der Waals surface area contributed by atoms with Crippen LogP contribution in [0.3, 0.4) is 0 Å². The Bertz CT molecular complexity index is 393. The first-order chi connectivity index (χ1) is 9.61. The van der Waals surface area contributed by atoms with Gasteiger partial charge in [-0.25, -0.2) is 0 Å². The number of halogens is 2. The van der Waals surface area contributed by atoms with E-state index in [2.05, 4.69) is 17.0 Å². The highest BCUT2D eigenvalue weighted by Crippen LogP contribution is 2.14. The Labute approximate surface area is 118 Å². The lowest BCUT2D eigenvalue weighted by Gasteiger charge is -2.07. The number of amides is 1. The molecule has 112 valence electrons. The Balaban J connectivity index is 2.23. The van der Waals surface area contributed by atoms with Crippen molar-refractivity contribution in [1.29, 1.82) is 0 Å². The molecule has 1 aromatic rings. The van der Waals surface area contributed by atoms with E-state index in [0.717, 1.165) is 24.8 Å². The first-order valence-electron chi connectivity index (χ1n) is 6.92. The third kappa shape index (κ3) is 7.07. The molecule has 5 heteroatoms. The van der Waals surface area contributed by atoms with Gasteiger partial charge in [-0.1, -0.05) is 31.9 Å². The van der Waals surface area contributed by atoms with Gasteiger partial charge in [0.1, 0.15) is 5.75 Å². The smallest absolute Gasteiger partial charge is 0.387 e. The summed E-state index contributed by atoms with van der Waals surface area (Å²) in [6.07, 6.45) is 4.32. The van der Waals surface area contributed by atoms with Crippen molar-refractivity contribution >= 4 is 5.91 Å². The fourth-order valence-electron chi connectivity index (χ4n) is 1.81. The van der Waals surface area contributed by atoms with E-state index in [9.17, 15) is 13.6 Å². The number of nitrogens with one attached hydrogen (secondary N) is 1. The van der Waals surface area contributed by atoms with Gasteiger partial charge in [-0.15, -0.1) is 0 Å². The summed E-state index contributed by atoms with van der Waals surface area (Å²) < 4.78 is 28.2. The molecule has 0 spiro atoms. The summed E-state index contributed by atoms with van der Waals surface area (Å²) in [6.45, 7) is -0.150. The van der Waals surface area contributed by atoms with Crippen LogP contribution in [0, 0.1) is 0 Å². The number of rotatable bonds is 9. The van der Waals surface area contributed by atoms with Crippen LogP contribution in [0.15, 0.2) is 24.3 Å². The Morgan fingerprint density at radius 2 is 1.95 bits per heavy atom. The van der Waals surface area contributed by atoms with Crippen LogP contribution in [0.5, 0.6) is 5.75 Å². The molecule has 3 nitrogen and oxygen atoms in total. The average molecular weight is 285 g/mol. The molecule has 1 N–H and O–H groups in total. The van der Waals surface area contributed by atoms with Crippen LogP contribution in [-0.2, 0) is 11.2 Å². The lowest BCUT2D eigenvalue weighted by Crippen LogP contribution is -2.25. The maximum absolute atomic E-state index is 12.0. The molecule has 0 saturated heterocycles. The van der Waals surface area contributed by atoms with Crippen LogP contribution in [-0.4, -0.2) is 19.1 Å². The van der Waals surface area contributed by atoms with E-state index < -0.39 is 6.61 Å². The van der Waals surface area contributed by atoms with Gasteiger partial charge >= 0.3 is 6.61 Å². The first kappa shape index (κ1) is 16.4. The standard InChI is InChI=1S/C15H21F2NO2/c1-2-3-4-5-14(19)18-11-10-12-6-8-13(9-7-12)20-15(16)17/h6-9,15H,2-5,10-11H2,1H3,(H,18,19). The van der Waals surface area contributed by atoms with Crippen LogP contribution in [0.1, 0.15) is 38.2 Å². The van der Waals surface area contributed by atoms with E-state index in [0.29, 0.717) is 19.4 Å². The second-order valence-electron chi connectivity index (χ2n) is 4.58. The molecular weight excluding hydrogens is 264 g/mol. The molecule has 0 unspecified atom stereocenters. The molecule has 0 radical (unpaired) electrons. The van der Waals surface area contributed by atoms with Crippen molar-refractivity contribution in [3.05, 3.63) is 29.8 Å². The minimum atomic E-state index is -2.80. The lowest BCUT2D eigenvalue weighted by atomic mass is 10.1. The summed E-state index contributed by atoms with van der Waals surface area (Å²) in [5.41, 5.74) is 0.973. The number of ether oxygens (including phenoxy) is 1. The quantitative estimate of drug-likeness (QED) is 0.705. The molecule has 0 aliphatic rings. The van der Waals surface area contributed by atoms with Crippen LogP contribution in [0.2, 0.25) is 0 Å². The molecule has 1 amide bonds. The maximum Gasteiger partial charge on any atom is 0.387 e. The van der Waals surface area contributed by atoms with Crippen molar-refractivity contribution in [1.82, 2.24) is 5.32 Å². The number of hydrogen-bond acceptors (Lipinski definition) is 2. The van der Waals surface area contributed by atoms with Crippen molar-refractivity contribution < 1.29 is 18.3 Å². The Morgan fingerprint density at radius 3 is 2.55 bits per heavy atom.